The maximum absolute atomic E-state index is 12.1. The van der Waals surface area contributed by atoms with Crippen molar-refractivity contribution < 1.29 is 9.53 Å². The lowest BCUT2D eigenvalue weighted by molar-refractivity contribution is -0.123. The molecule has 0 spiro atoms. The molecule has 1 aliphatic rings. The minimum absolute atomic E-state index is 0.0210. The van der Waals surface area contributed by atoms with E-state index in [0.29, 0.717) is 12.3 Å². The Morgan fingerprint density at radius 2 is 2.32 bits per heavy atom. The van der Waals surface area contributed by atoms with Crippen LogP contribution in [0.2, 0.25) is 0 Å². The van der Waals surface area contributed by atoms with Gasteiger partial charge in [-0.25, -0.2) is 0 Å². The number of carbonyl (C=O) groups is 1. The van der Waals surface area contributed by atoms with Crippen molar-refractivity contribution in [3.8, 4) is 5.75 Å². The number of pyridine rings is 1. The molecule has 0 aromatic carbocycles. The molecule has 7 nitrogen and oxygen atoms in total. The van der Waals surface area contributed by atoms with Gasteiger partial charge >= 0.3 is 0 Å². The Bertz CT molecular complexity index is 718. The quantitative estimate of drug-likeness (QED) is 0.827. The first-order valence-corrected chi connectivity index (χ1v) is 8.78. The average Bonchev–Trinajstić information content (AvgIpc) is 2.88. The van der Waals surface area contributed by atoms with Crippen LogP contribution in [0.25, 0.3) is 0 Å². The minimum Gasteiger partial charge on any atom is -0.482 e. The van der Waals surface area contributed by atoms with Gasteiger partial charge in [0.1, 0.15) is 5.75 Å². The second-order valence-corrected chi connectivity index (χ2v) is 6.20. The monoisotopic (exact) mass is 343 g/mol. The number of carbonyl (C=O) groups excluding carboxylic acids is 1. The summed E-state index contributed by atoms with van der Waals surface area (Å²) in [6, 6.07) is 5.80. The van der Waals surface area contributed by atoms with Gasteiger partial charge in [0.05, 0.1) is 23.6 Å². The van der Waals surface area contributed by atoms with Gasteiger partial charge in [0, 0.05) is 18.8 Å². The van der Waals surface area contributed by atoms with Gasteiger partial charge in [-0.15, -0.1) is 0 Å². The van der Waals surface area contributed by atoms with E-state index in [1.54, 1.807) is 0 Å². The summed E-state index contributed by atoms with van der Waals surface area (Å²) in [7, 11) is 0. The molecule has 3 heterocycles. The zero-order chi connectivity index (χ0) is 17.6. The summed E-state index contributed by atoms with van der Waals surface area (Å²) in [6.45, 7) is 7.11. The van der Waals surface area contributed by atoms with Crippen LogP contribution in [0.1, 0.15) is 36.1 Å². The summed E-state index contributed by atoms with van der Waals surface area (Å²) in [6.07, 6.45) is 1.84. The van der Waals surface area contributed by atoms with Gasteiger partial charge in [-0.2, -0.15) is 5.10 Å². The summed E-state index contributed by atoms with van der Waals surface area (Å²) >= 11 is 0. The van der Waals surface area contributed by atoms with Gasteiger partial charge in [0.25, 0.3) is 5.91 Å². The molecule has 134 valence electrons. The average molecular weight is 343 g/mol. The third kappa shape index (κ3) is 4.57. The Balaban J connectivity index is 1.50. The number of hydrogen-bond donors (Lipinski definition) is 2. The first kappa shape index (κ1) is 17.4. The number of aryl methyl sites for hydroxylation is 3. The Labute approximate surface area is 147 Å². The molecular weight excluding hydrogens is 318 g/mol. The van der Waals surface area contributed by atoms with Crippen LogP contribution in [-0.4, -0.2) is 33.8 Å². The van der Waals surface area contributed by atoms with E-state index in [9.17, 15) is 4.79 Å². The first-order chi connectivity index (χ1) is 12.2. The van der Waals surface area contributed by atoms with Crippen LogP contribution in [0, 0.1) is 6.92 Å². The van der Waals surface area contributed by atoms with Gasteiger partial charge in [0.2, 0.25) is 0 Å². The molecular formula is C18H25N5O2. The molecule has 1 amide bonds. The lowest BCUT2D eigenvalue weighted by atomic mass is 10.2. The van der Waals surface area contributed by atoms with Crippen molar-refractivity contribution in [2.24, 2.45) is 0 Å². The second-order valence-electron chi connectivity index (χ2n) is 6.20. The van der Waals surface area contributed by atoms with Gasteiger partial charge in [-0.3, -0.25) is 14.5 Å². The van der Waals surface area contributed by atoms with E-state index in [1.807, 2.05) is 36.7 Å². The predicted octanol–water partition coefficient (Wildman–Crippen LogP) is 1.34. The molecule has 7 heteroatoms. The maximum atomic E-state index is 12.1. The van der Waals surface area contributed by atoms with Crippen molar-refractivity contribution in [2.45, 2.75) is 46.3 Å². The molecule has 0 unspecified atom stereocenters. The summed E-state index contributed by atoms with van der Waals surface area (Å²) in [5, 5.41) is 10.8. The highest BCUT2D eigenvalue weighted by Crippen LogP contribution is 2.17. The number of hydrogen-bond acceptors (Lipinski definition) is 5. The molecule has 0 bridgehead atoms. The summed E-state index contributed by atoms with van der Waals surface area (Å²) in [4.78, 5) is 16.5. The van der Waals surface area contributed by atoms with E-state index < -0.39 is 0 Å². The lowest BCUT2D eigenvalue weighted by Gasteiger charge is -2.10. The molecule has 0 saturated heterocycles. The van der Waals surface area contributed by atoms with E-state index in [1.165, 1.54) is 0 Å². The summed E-state index contributed by atoms with van der Waals surface area (Å²) in [5.74, 6) is 0.506. The van der Waals surface area contributed by atoms with Crippen LogP contribution in [0.3, 0.4) is 0 Å². The second kappa shape index (κ2) is 8.11. The topological polar surface area (TPSA) is 81.1 Å². The largest absolute Gasteiger partial charge is 0.482 e. The molecule has 1 aliphatic heterocycles. The van der Waals surface area contributed by atoms with Crippen LogP contribution in [0.15, 0.2) is 18.2 Å². The molecule has 0 radical (unpaired) electrons. The predicted molar refractivity (Wildman–Crippen MR) is 94.2 cm³/mol. The fourth-order valence-electron chi connectivity index (χ4n) is 2.87. The summed E-state index contributed by atoms with van der Waals surface area (Å²) in [5.41, 5.74) is 3.86. The smallest absolute Gasteiger partial charge is 0.258 e. The number of ether oxygens (including phenoxy) is 1. The molecule has 2 aromatic heterocycles. The maximum Gasteiger partial charge on any atom is 0.258 e. The summed E-state index contributed by atoms with van der Waals surface area (Å²) < 4.78 is 7.64. The van der Waals surface area contributed by atoms with Crippen LogP contribution in [0.4, 0.5) is 0 Å². The highest BCUT2D eigenvalue weighted by molar-refractivity contribution is 5.77. The highest BCUT2D eigenvalue weighted by atomic mass is 16.5. The molecule has 0 aliphatic carbocycles. The first-order valence-electron chi connectivity index (χ1n) is 8.78. The Morgan fingerprint density at radius 1 is 1.44 bits per heavy atom. The van der Waals surface area contributed by atoms with Gasteiger partial charge in [-0.1, -0.05) is 6.92 Å². The van der Waals surface area contributed by atoms with E-state index in [-0.39, 0.29) is 12.5 Å². The van der Waals surface area contributed by atoms with Crippen molar-refractivity contribution >= 4 is 5.91 Å². The van der Waals surface area contributed by atoms with E-state index >= 15 is 0 Å². The normalized spacial score (nSPS) is 13.8. The third-order valence-corrected chi connectivity index (χ3v) is 4.18. The molecule has 0 fully saturated rings. The van der Waals surface area contributed by atoms with Crippen molar-refractivity contribution in [1.29, 1.82) is 0 Å². The van der Waals surface area contributed by atoms with E-state index in [4.69, 9.17) is 4.74 Å². The Morgan fingerprint density at radius 3 is 3.16 bits per heavy atom. The van der Waals surface area contributed by atoms with Crippen molar-refractivity contribution in [3.63, 3.8) is 0 Å². The zero-order valence-corrected chi connectivity index (χ0v) is 14.8. The zero-order valence-electron chi connectivity index (χ0n) is 14.8. The van der Waals surface area contributed by atoms with Crippen LogP contribution in [0.5, 0.6) is 5.75 Å². The molecule has 3 rings (SSSR count). The standard InChI is InChI=1S/C18H25N5O2/c1-3-16-17(6-5-13(2)21-16)25-12-18(24)20-10-14-9-15-11-19-7-4-8-23(15)22-14/h5-6,9,19H,3-4,7-8,10-12H2,1-2H3,(H,20,24). The molecule has 2 N–H and O–H groups in total. The number of nitrogens with zero attached hydrogens (tertiary/aromatic N) is 3. The number of fused-ring (bicyclic) bond motifs is 1. The fraction of sp³-hybridized carbons (Fsp3) is 0.500. The van der Waals surface area contributed by atoms with Gasteiger partial charge in [-0.05, 0) is 44.5 Å². The lowest BCUT2D eigenvalue weighted by Crippen LogP contribution is -2.28. The third-order valence-electron chi connectivity index (χ3n) is 4.18. The molecule has 25 heavy (non-hydrogen) atoms. The van der Waals surface area contributed by atoms with Gasteiger partial charge < -0.3 is 15.4 Å². The fourth-order valence-corrected chi connectivity index (χ4v) is 2.87. The number of amides is 1. The highest BCUT2D eigenvalue weighted by Gasteiger charge is 2.12. The minimum atomic E-state index is -0.163. The Kier molecular flexibility index (Phi) is 5.65. The SMILES string of the molecule is CCc1nc(C)ccc1OCC(=O)NCc1cc2n(n1)CCCNC2. The van der Waals surface area contributed by atoms with Crippen LogP contribution >= 0.6 is 0 Å². The van der Waals surface area contributed by atoms with E-state index in [0.717, 1.165) is 55.3 Å². The number of nitrogens with one attached hydrogen (secondary N) is 2. The van der Waals surface area contributed by atoms with Gasteiger partial charge in [0.15, 0.2) is 6.61 Å². The number of aromatic nitrogens is 3. The van der Waals surface area contributed by atoms with Crippen molar-refractivity contribution in [2.75, 3.05) is 13.2 Å². The van der Waals surface area contributed by atoms with Crippen LogP contribution < -0.4 is 15.4 Å². The molecule has 2 aromatic rings. The molecule has 0 saturated carbocycles. The van der Waals surface area contributed by atoms with Crippen molar-refractivity contribution in [1.82, 2.24) is 25.4 Å². The van der Waals surface area contributed by atoms with Crippen molar-refractivity contribution in [3.05, 3.63) is 41.0 Å². The van der Waals surface area contributed by atoms with E-state index in [2.05, 4.69) is 20.7 Å². The Hall–Kier alpha value is -2.41. The van der Waals surface area contributed by atoms with Crippen LogP contribution in [-0.2, 0) is 30.8 Å². The molecule has 0 atom stereocenters. The number of rotatable bonds is 6.